The Bertz CT molecular complexity index is 727. The molecule has 0 bridgehead atoms. The Morgan fingerprint density at radius 3 is 2.59 bits per heavy atom. The van der Waals surface area contributed by atoms with Crippen molar-refractivity contribution in [3.63, 3.8) is 0 Å². The summed E-state index contributed by atoms with van der Waals surface area (Å²) in [7, 11) is -1.04. The van der Waals surface area contributed by atoms with E-state index in [0.717, 1.165) is 11.3 Å². The summed E-state index contributed by atoms with van der Waals surface area (Å²) in [6, 6.07) is 12.3. The molecule has 0 saturated carbocycles. The van der Waals surface area contributed by atoms with Gasteiger partial charge in [0.25, 0.3) is 5.91 Å². The summed E-state index contributed by atoms with van der Waals surface area (Å²) in [5, 5.41) is 2.84. The molecular formula is C16H15NO4S. The van der Waals surface area contributed by atoms with Crippen molar-refractivity contribution in [3.8, 4) is 11.5 Å². The molecular weight excluding hydrogens is 302 g/mol. The number of fused-ring (bicyclic) bond motifs is 1. The van der Waals surface area contributed by atoms with E-state index in [0.29, 0.717) is 22.8 Å². The van der Waals surface area contributed by atoms with Crippen molar-refractivity contribution in [3.05, 3.63) is 53.6 Å². The van der Waals surface area contributed by atoms with Crippen LogP contribution in [-0.4, -0.2) is 23.2 Å². The lowest BCUT2D eigenvalue weighted by molar-refractivity contribution is 0.0950. The quantitative estimate of drug-likeness (QED) is 0.938. The van der Waals surface area contributed by atoms with Gasteiger partial charge in [-0.05, 0) is 42.0 Å². The predicted molar refractivity (Wildman–Crippen MR) is 82.5 cm³/mol. The highest BCUT2D eigenvalue weighted by Gasteiger charge is 2.13. The van der Waals surface area contributed by atoms with Crippen LogP contribution in [-0.2, 0) is 17.3 Å². The van der Waals surface area contributed by atoms with Crippen molar-refractivity contribution >= 4 is 16.7 Å². The zero-order valence-electron chi connectivity index (χ0n) is 12.0. The molecule has 0 aliphatic carbocycles. The highest BCUT2D eigenvalue weighted by Crippen LogP contribution is 2.32. The number of nitrogens with one attached hydrogen (secondary N) is 1. The van der Waals surface area contributed by atoms with Gasteiger partial charge in [-0.25, -0.2) is 0 Å². The topological polar surface area (TPSA) is 64.6 Å². The second-order valence-corrected chi connectivity index (χ2v) is 6.23. The van der Waals surface area contributed by atoms with Crippen molar-refractivity contribution in [2.24, 2.45) is 0 Å². The summed E-state index contributed by atoms with van der Waals surface area (Å²) in [5.41, 5.74) is 1.47. The minimum atomic E-state index is -1.04. The third kappa shape index (κ3) is 3.12. The number of amides is 1. The Morgan fingerprint density at radius 1 is 1.14 bits per heavy atom. The number of benzene rings is 2. The van der Waals surface area contributed by atoms with Gasteiger partial charge in [0.05, 0.1) is 0 Å². The van der Waals surface area contributed by atoms with Gasteiger partial charge in [0.15, 0.2) is 11.5 Å². The normalized spacial score (nSPS) is 13.7. The number of hydrogen-bond donors (Lipinski definition) is 1. The fourth-order valence-electron chi connectivity index (χ4n) is 2.13. The van der Waals surface area contributed by atoms with E-state index in [1.165, 1.54) is 0 Å². The van der Waals surface area contributed by atoms with Crippen LogP contribution in [0.1, 0.15) is 15.9 Å². The molecule has 1 heterocycles. The first-order chi connectivity index (χ1) is 10.6. The number of carbonyl (C=O) groups is 1. The van der Waals surface area contributed by atoms with E-state index >= 15 is 0 Å². The summed E-state index contributed by atoms with van der Waals surface area (Å²) in [5.74, 6) is 1.24. The fourth-order valence-corrected chi connectivity index (χ4v) is 2.65. The van der Waals surface area contributed by atoms with E-state index < -0.39 is 10.8 Å². The van der Waals surface area contributed by atoms with Crippen molar-refractivity contribution in [2.45, 2.75) is 11.4 Å². The van der Waals surface area contributed by atoms with Gasteiger partial charge in [-0.3, -0.25) is 9.00 Å². The molecule has 1 atom stereocenters. The number of carbonyl (C=O) groups excluding carboxylic acids is 1. The van der Waals surface area contributed by atoms with Gasteiger partial charge in [-0.1, -0.05) is 6.07 Å². The maximum atomic E-state index is 12.1. The summed E-state index contributed by atoms with van der Waals surface area (Å²) in [6.45, 7) is 0.632. The maximum absolute atomic E-state index is 12.1. The lowest BCUT2D eigenvalue weighted by atomic mass is 10.2. The van der Waals surface area contributed by atoms with Gasteiger partial charge in [-0.15, -0.1) is 0 Å². The molecule has 1 amide bonds. The Balaban J connectivity index is 1.63. The summed E-state index contributed by atoms with van der Waals surface area (Å²) in [4.78, 5) is 12.8. The summed E-state index contributed by atoms with van der Waals surface area (Å²) < 4.78 is 21.9. The second-order valence-electron chi connectivity index (χ2n) is 4.85. The molecule has 0 fully saturated rings. The van der Waals surface area contributed by atoms with Crippen LogP contribution in [0, 0.1) is 0 Å². The lowest BCUT2D eigenvalue weighted by Crippen LogP contribution is -2.22. The average Bonchev–Trinajstić information content (AvgIpc) is 3.00. The molecule has 0 spiro atoms. The van der Waals surface area contributed by atoms with E-state index in [4.69, 9.17) is 9.47 Å². The fraction of sp³-hybridized carbons (Fsp3) is 0.188. The Morgan fingerprint density at radius 2 is 1.86 bits per heavy atom. The third-order valence-corrected chi connectivity index (χ3v) is 4.27. The first-order valence-corrected chi connectivity index (χ1v) is 8.29. The Labute approximate surface area is 130 Å². The van der Waals surface area contributed by atoms with Gasteiger partial charge in [0.1, 0.15) is 0 Å². The van der Waals surface area contributed by atoms with Crippen LogP contribution < -0.4 is 14.8 Å². The molecule has 0 unspecified atom stereocenters. The van der Waals surface area contributed by atoms with Gasteiger partial charge in [0, 0.05) is 34.1 Å². The molecule has 0 saturated heterocycles. The molecule has 22 heavy (non-hydrogen) atoms. The first-order valence-electron chi connectivity index (χ1n) is 6.74. The van der Waals surface area contributed by atoms with E-state index in [-0.39, 0.29) is 12.7 Å². The lowest BCUT2D eigenvalue weighted by Gasteiger charge is -2.07. The van der Waals surface area contributed by atoms with Crippen LogP contribution in [0.25, 0.3) is 0 Å². The highest BCUT2D eigenvalue weighted by molar-refractivity contribution is 7.84. The molecule has 2 aromatic rings. The van der Waals surface area contributed by atoms with E-state index in [1.54, 1.807) is 30.5 Å². The van der Waals surface area contributed by atoms with Crippen LogP contribution >= 0.6 is 0 Å². The molecule has 0 radical (unpaired) electrons. The van der Waals surface area contributed by atoms with E-state index in [1.807, 2.05) is 18.2 Å². The van der Waals surface area contributed by atoms with Gasteiger partial charge in [0.2, 0.25) is 6.79 Å². The standard InChI is InChI=1S/C16H15NO4S/c1-22(19)13-5-3-12(4-6-13)16(18)17-9-11-2-7-14-15(8-11)21-10-20-14/h2-8H,9-10H2,1H3,(H,17,18)/t22-/m0/s1. The van der Waals surface area contributed by atoms with Crippen LogP contribution in [0.4, 0.5) is 0 Å². The zero-order valence-corrected chi connectivity index (χ0v) is 12.8. The van der Waals surface area contributed by atoms with Crippen LogP contribution in [0.3, 0.4) is 0 Å². The number of rotatable bonds is 4. The van der Waals surface area contributed by atoms with Crippen LogP contribution in [0.5, 0.6) is 11.5 Å². The number of ether oxygens (including phenoxy) is 2. The zero-order chi connectivity index (χ0) is 15.5. The molecule has 6 heteroatoms. The van der Waals surface area contributed by atoms with Gasteiger partial charge >= 0.3 is 0 Å². The SMILES string of the molecule is C[S@](=O)c1ccc(C(=O)NCc2ccc3c(c2)OCO3)cc1. The monoisotopic (exact) mass is 317 g/mol. The van der Waals surface area contributed by atoms with E-state index in [2.05, 4.69) is 5.32 Å². The van der Waals surface area contributed by atoms with Gasteiger partial charge < -0.3 is 14.8 Å². The molecule has 114 valence electrons. The smallest absolute Gasteiger partial charge is 0.251 e. The number of hydrogen-bond acceptors (Lipinski definition) is 4. The van der Waals surface area contributed by atoms with Crippen LogP contribution in [0.15, 0.2) is 47.4 Å². The summed E-state index contributed by atoms with van der Waals surface area (Å²) in [6.07, 6.45) is 1.61. The first kappa shape index (κ1) is 14.6. The Kier molecular flexibility index (Phi) is 4.11. The van der Waals surface area contributed by atoms with Crippen molar-refractivity contribution < 1.29 is 18.5 Å². The second kappa shape index (κ2) is 6.19. The molecule has 1 aliphatic rings. The average molecular weight is 317 g/mol. The van der Waals surface area contributed by atoms with E-state index in [9.17, 15) is 9.00 Å². The largest absolute Gasteiger partial charge is 0.454 e. The molecule has 3 rings (SSSR count). The highest BCUT2D eigenvalue weighted by atomic mass is 32.2. The van der Waals surface area contributed by atoms with Crippen molar-refractivity contribution in [2.75, 3.05) is 13.0 Å². The molecule has 2 aromatic carbocycles. The molecule has 1 N–H and O–H groups in total. The van der Waals surface area contributed by atoms with Gasteiger partial charge in [-0.2, -0.15) is 0 Å². The minimum absolute atomic E-state index is 0.175. The van der Waals surface area contributed by atoms with Crippen LogP contribution in [0.2, 0.25) is 0 Å². The maximum Gasteiger partial charge on any atom is 0.251 e. The molecule has 1 aliphatic heterocycles. The third-order valence-electron chi connectivity index (χ3n) is 3.34. The van der Waals surface area contributed by atoms with Crippen molar-refractivity contribution in [1.82, 2.24) is 5.32 Å². The summed E-state index contributed by atoms with van der Waals surface area (Å²) >= 11 is 0. The Hall–Kier alpha value is -2.34. The van der Waals surface area contributed by atoms with Crippen molar-refractivity contribution in [1.29, 1.82) is 0 Å². The predicted octanol–water partition coefficient (Wildman–Crippen LogP) is 2.08. The molecule has 0 aromatic heterocycles. The minimum Gasteiger partial charge on any atom is -0.454 e. The molecule has 5 nitrogen and oxygen atoms in total.